The molecule has 0 aliphatic carbocycles. The zero-order chi connectivity index (χ0) is 15.8. The Balaban J connectivity index is 1.99. The van der Waals surface area contributed by atoms with Crippen LogP contribution in [-0.2, 0) is 11.3 Å². The van der Waals surface area contributed by atoms with Crippen LogP contribution in [0.25, 0.3) is 0 Å². The third-order valence-electron chi connectivity index (χ3n) is 3.35. The predicted molar refractivity (Wildman–Crippen MR) is 86.6 cm³/mol. The van der Waals surface area contributed by atoms with Crippen LogP contribution in [0.3, 0.4) is 0 Å². The molecule has 2 aromatic rings. The van der Waals surface area contributed by atoms with Gasteiger partial charge in [-0.3, -0.25) is 15.0 Å². The number of aromatic nitrogens is 2. The molecule has 118 valence electrons. The van der Waals surface area contributed by atoms with Crippen LogP contribution < -0.4 is 5.32 Å². The smallest absolute Gasteiger partial charge is 0.240 e. The highest BCUT2D eigenvalue weighted by Gasteiger charge is 2.18. The summed E-state index contributed by atoms with van der Waals surface area (Å²) in [6.07, 6.45) is 0.624. The second kappa shape index (κ2) is 8.57. The number of nitrogens with one attached hydrogen (secondary N) is 1. The van der Waals surface area contributed by atoms with Gasteiger partial charge in [-0.1, -0.05) is 41.7 Å². The molecule has 2 rings (SSSR count). The quantitative estimate of drug-likeness (QED) is 0.775. The van der Waals surface area contributed by atoms with Crippen LogP contribution in [0.15, 0.2) is 35.8 Å². The number of rotatable bonds is 8. The van der Waals surface area contributed by atoms with E-state index in [0.717, 1.165) is 5.56 Å². The Morgan fingerprint density at radius 3 is 2.82 bits per heavy atom. The molecule has 22 heavy (non-hydrogen) atoms. The lowest BCUT2D eigenvalue weighted by Gasteiger charge is -2.28. The Morgan fingerprint density at radius 1 is 1.41 bits per heavy atom. The van der Waals surface area contributed by atoms with E-state index in [0.29, 0.717) is 18.1 Å². The molecule has 6 nitrogen and oxygen atoms in total. The molecule has 7 heteroatoms. The van der Waals surface area contributed by atoms with Gasteiger partial charge in [-0.15, -0.1) is 10.2 Å². The maximum atomic E-state index is 12.1. The van der Waals surface area contributed by atoms with Crippen LogP contribution >= 0.6 is 11.3 Å². The third-order valence-corrected chi connectivity index (χ3v) is 3.96. The zero-order valence-corrected chi connectivity index (χ0v) is 13.3. The molecular formula is C15H20N4O2S. The van der Waals surface area contributed by atoms with Crippen molar-refractivity contribution in [2.75, 3.05) is 18.5 Å². The first-order valence-corrected chi connectivity index (χ1v) is 8.02. The summed E-state index contributed by atoms with van der Waals surface area (Å²) in [7, 11) is 0. The predicted octanol–water partition coefficient (Wildman–Crippen LogP) is 1.75. The van der Waals surface area contributed by atoms with E-state index in [2.05, 4.69) is 15.5 Å². The first kappa shape index (κ1) is 16.5. The van der Waals surface area contributed by atoms with Gasteiger partial charge in [-0.2, -0.15) is 0 Å². The van der Waals surface area contributed by atoms with Gasteiger partial charge in [0.15, 0.2) is 0 Å². The third kappa shape index (κ3) is 5.18. The lowest BCUT2D eigenvalue weighted by molar-refractivity contribution is -0.118. The number of nitrogens with zero attached hydrogens (tertiary/aromatic N) is 3. The van der Waals surface area contributed by atoms with Crippen molar-refractivity contribution < 1.29 is 9.90 Å². The number of benzene rings is 1. The van der Waals surface area contributed by atoms with Crippen LogP contribution in [0.5, 0.6) is 0 Å². The maximum absolute atomic E-state index is 12.1. The number of carbonyl (C=O) groups excluding carboxylic acids is 1. The topological polar surface area (TPSA) is 78.4 Å². The van der Waals surface area contributed by atoms with Crippen LogP contribution in [0.2, 0.25) is 0 Å². The number of hydrogen-bond donors (Lipinski definition) is 2. The second-order valence-electron chi connectivity index (χ2n) is 5.04. The molecule has 2 N–H and O–H groups in total. The molecule has 0 spiro atoms. The van der Waals surface area contributed by atoms with Gasteiger partial charge in [0.2, 0.25) is 11.0 Å². The highest BCUT2D eigenvalue weighted by Crippen LogP contribution is 2.12. The van der Waals surface area contributed by atoms with Crippen molar-refractivity contribution in [2.45, 2.75) is 25.9 Å². The van der Waals surface area contributed by atoms with Crippen molar-refractivity contribution in [1.29, 1.82) is 0 Å². The van der Waals surface area contributed by atoms with E-state index in [1.54, 1.807) is 5.51 Å². The van der Waals surface area contributed by atoms with Gasteiger partial charge in [-0.05, 0) is 18.9 Å². The van der Waals surface area contributed by atoms with Gasteiger partial charge in [0.1, 0.15) is 5.51 Å². The standard InChI is InChI=1S/C15H20N4O2S/c1-12(7-8-20)19(9-13-5-3-2-4-6-13)10-14(21)17-15-18-16-11-22-15/h2-6,11-12,20H,7-10H2,1H3,(H,17,18,21). The Bertz CT molecular complexity index is 562. The summed E-state index contributed by atoms with van der Waals surface area (Å²) >= 11 is 1.29. The molecule has 0 saturated carbocycles. The minimum Gasteiger partial charge on any atom is -0.396 e. The highest BCUT2D eigenvalue weighted by atomic mass is 32.1. The fourth-order valence-corrected chi connectivity index (χ4v) is 2.59. The molecular weight excluding hydrogens is 300 g/mol. The van der Waals surface area contributed by atoms with Gasteiger partial charge in [-0.25, -0.2) is 0 Å². The van der Waals surface area contributed by atoms with Crippen LogP contribution in [0.1, 0.15) is 18.9 Å². The average molecular weight is 320 g/mol. The Labute approximate surface area is 133 Å². The molecule has 1 unspecified atom stereocenters. The zero-order valence-electron chi connectivity index (χ0n) is 12.5. The molecule has 1 aromatic heterocycles. The minimum atomic E-state index is -0.127. The molecule has 1 atom stereocenters. The van der Waals surface area contributed by atoms with Gasteiger partial charge in [0.25, 0.3) is 0 Å². The number of anilines is 1. The lowest BCUT2D eigenvalue weighted by atomic mass is 10.1. The first-order chi connectivity index (χ1) is 10.7. The van der Waals surface area contributed by atoms with Gasteiger partial charge >= 0.3 is 0 Å². The van der Waals surface area contributed by atoms with Crippen LogP contribution in [-0.4, -0.2) is 45.3 Å². The van der Waals surface area contributed by atoms with Crippen molar-refractivity contribution in [1.82, 2.24) is 15.1 Å². The van der Waals surface area contributed by atoms with Crippen molar-refractivity contribution in [3.8, 4) is 0 Å². The number of carbonyl (C=O) groups is 1. The Kier molecular flexibility index (Phi) is 6.45. The number of aliphatic hydroxyl groups is 1. The first-order valence-electron chi connectivity index (χ1n) is 7.14. The minimum absolute atomic E-state index is 0.102. The molecule has 0 bridgehead atoms. The number of aliphatic hydroxyl groups excluding tert-OH is 1. The van der Waals surface area contributed by atoms with Crippen LogP contribution in [0, 0.1) is 0 Å². The van der Waals surface area contributed by atoms with Crippen molar-refractivity contribution in [3.05, 3.63) is 41.4 Å². The van der Waals surface area contributed by atoms with E-state index in [9.17, 15) is 4.79 Å². The summed E-state index contributed by atoms with van der Waals surface area (Å²) in [5.41, 5.74) is 2.71. The van der Waals surface area contributed by atoms with Crippen LogP contribution in [0.4, 0.5) is 5.13 Å². The second-order valence-corrected chi connectivity index (χ2v) is 5.88. The number of hydrogen-bond acceptors (Lipinski definition) is 6. The molecule has 0 radical (unpaired) electrons. The van der Waals surface area contributed by atoms with E-state index >= 15 is 0 Å². The normalized spacial score (nSPS) is 12.3. The van der Waals surface area contributed by atoms with Gasteiger partial charge in [0, 0.05) is 19.2 Å². The fraction of sp³-hybridized carbons (Fsp3) is 0.400. The highest BCUT2D eigenvalue weighted by molar-refractivity contribution is 7.13. The lowest BCUT2D eigenvalue weighted by Crippen LogP contribution is -2.39. The van der Waals surface area contributed by atoms with E-state index in [-0.39, 0.29) is 25.1 Å². The average Bonchev–Trinajstić information content (AvgIpc) is 3.00. The summed E-state index contributed by atoms with van der Waals surface area (Å²) in [6, 6.07) is 10.1. The van der Waals surface area contributed by atoms with Crippen molar-refractivity contribution >= 4 is 22.4 Å². The molecule has 1 aromatic carbocycles. The molecule has 1 amide bonds. The molecule has 0 saturated heterocycles. The molecule has 0 aliphatic rings. The van der Waals surface area contributed by atoms with E-state index in [1.165, 1.54) is 11.3 Å². The van der Waals surface area contributed by atoms with E-state index in [1.807, 2.05) is 42.2 Å². The molecule has 0 aliphatic heterocycles. The van der Waals surface area contributed by atoms with Crippen molar-refractivity contribution in [3.63, 3.8) is 0 Å². The molecule has 0 fully saturated rings. The van der Waals surface area contributed by atoms with Crippen molar-refractivity contribution in [2.24, 2.45) is 0 Å². The summed E-state index contributed by atoms with van der Waals surface area (Å²) in [4.78, 5) is 14.2. The van der Waals surface area contributed by atoms with E-state index in [4.69, 9.17) is 5.11 Å². The fourth-order valence-electron chi connectivity index (χ4n) is 2.13. The largest absolute Gasteiger partial charge is 0.396 e. The molecule has 1 heterocycles. The summed E-state index contributed by atoms with van der Waals surface area (Å²) in [5.74, 6) is -0.127. The SMILES string of the molecule is CC(CCO)N(CC(=O)Nc1nncs1)Cc1ccccc1. The summed E-state index contributed by atoms with van der Waals surface area (Å²) in [6.45, 7) is 3.02. The summed E-state index contributed by atoms with van der Waals surface area (Å²) < 4.78 is 0. The Morgan fingerprint density at radius 2 is 2.18 bits per heavy atom. The Hall–Kier alpha value is -1.83. The van der Waals surface area contributed by atoms with E-state index < -0.39 is 0 Å². The van der Waals surface area contributed by atoms with Gasteiger partial charge in [0.05, 0.1) is 6.54 Å². The number of amides is 1. The monoisotopic (exact) mass is 320 g/mol. The van der Waals surface area contributed by atoms with Gasteiger partial charge < -0.3 is 5.11 Å². The maximum Gasteiger partial charge on any atom is 0.240 e. The summed E-state index contributed by atoms with van der Waals surface area (Å²) in [5, 5.41) is 19.9.